The molecule has 0 N–H and O–H groups in total. The van der Waals surface area contributed by atoms with Crippen LogP contribution in [-0.4, -0.2) is 26.0 Å². The number of nitrogens with zero attached hydrogens (tertiary/aromatic N) is 2. The fraction of sp³-hybridized carbons (Fsp3) is 0.368. The van der Waals surface area contributed by atoms with E-state index in [4.69, 9.17) is 4.74 Å². The van der Waals surface area contributed by atoms with Crippen molar-refractivity contribution in [3.05, 3.63) is 58.6 Å². The molecular formula is C19H22N2O5S. The molecule has 3 rings (SSSR count). The number of hydrogen-bond donors (Lipinski definition) is 0. The summed E-state index contributed by atoms with van der Waals surface area (Å²) in [6.45, 7) is 1.98. The summed E-state index contributed by atoms with van der Waals surface area (Å²) < 4.78 is 33.1. The highest BCUT2D eigenvalue weighted by Crippen LogP contribution is 2.29. The Morgan fingerprint density at radius 3 is 2.19 bits per heavy atom. The third kappa shape index (κ3) is 4.21. The molecule has 0 heterocycles. The van der Waals surface area contributed by atoms with E-state index in [1.54, 1.807) is 31.2 Å². The molecule has 27 heavy (non-hydrogen) atoms. The van der Waals surface area contributed by atoms with Crippen LogP contribution in [0.1, 0.15) is 32.6 Å². The van der Waals surface area contributed by atoms with Crippen molar-refractivity contribution in [1.82, 2.24) is 0 Å². The maximum absolute atomic E-state index is 12.9. The summed E-state index contributed by atoms with van der Waals surface area (Å²) in [6, 6.07) is 11.9. The van der Waals surface area contributed by atoms with Gasteiger partial charge in [-0.2, -0.15) is 0 Å². The zero-order valence-electron chi connectivity index (χ0n) is 15.1. The van der Waals surface area contributed by atoms with Crippen molar-refractivity contribution in [3.8, 4) is 5.75 Å². The lowest BCUT2D eigenvalue weighted by Gasteiger charge is -2.23. The predicted octanol–water partition coefficient (Wildman–Crippen LogP) is 4.13. The number of benzene rings is 2. The fourth-order valence-corrected chi connectivity index (χ4v) is 4.72. The van der Waals surface area contributed by atoms with Gasteiger partial charge < -0.3 is 4.74 Å². The Balaban J connectivity index is 1.81. The molecule has 7 nitrogen and oxygen atoms in total. The maximum atomic E-state index is 12.9. The van der Waals surface area contributed by atoms with Crippen LogP contribution in [0.25, 0.3) is 0 Å². The van der Waals surface area contributed by atoms with Crippen LogP contribution in [0.5, 0.6) is 5.75 Å². The van der Waals surface area contributed by atoms with Crippen molar-refractivity contribution in [1.29, 1.82) is 0 Å². The van der Waals surface area contributed by atoms with E-state index in [1.165, 1.54) is 41.4 Å². The molecule has 0 radical (unpaired) electrons. The SMILES string of the molecule is CCN(c1ccc(OC2CCCC2)cc1)S(=O)(=O)c1ccc([N+](=O)[O-])cc1. The molecule has 1 fully saturated rings. The van der Waals surface area contributed by atoms with Gasteiger partial charge in [-0.05, 0) is 69.0 Å². The van der Waals surface area contributed by atoms with E-state index in [2.05, 4.69) is 0 Å². The van der Waals surface area contributed by atoms with Crippen molar-refractivity contribution in [3.63, 3.8) is 0 Å². The van der Waals surface area contributed by atoms with Crippen LogP contribution in [-0.2, 0) is 10.0 Å². The monoisotopic (exact) mass is 390 g/mol. The van der Waals surface area contributed by atoms with Gasteiger partial charge in [0.2, 0.25) is 0 Å². The first kappa shape index (κ1) is 19.2. The molecule has 8 heteroatoms. The first-order valence-electron chi connectivity index (χ1n) is 8.95. The van der Waals surface area contributed by atoms with Gasteiger partial charge in [-0.1, -0.05) is 0 Å². The van der Waals surface area contributed by atoms with E-state index < -0.39 is 14.9 Å². The molecule has 0 saturated heterocycles. The van der Waals surface area contributed by atoms with E-state index in [9.17, 15) is 18.5 Å². The Labute approximate surface area is 158 Å². The predicted molar refractivity (Wildman–Crippen MR) is 103 cm³/mol. The molecule has 0 spiro atoms. The summed E-state index contributed by atoms with van der Waals surface area (Å²) in [7, 11) is -3.81. The van der Waals surface area contributed by atoms with Gasteiger partial charge in [-0.15, -0.1) is 0 Å². The average Bonchev–Trinajstić information content (AvgIpc) is 3.16. The summed E-state index contributed by atoms with van der Waals surface area (Å²) in [4.78, 5) is 10.2. The molecule has 0 aliphatic heterocycles. The van der Waals surface area contributed by atoms with Gasteiger partial charge in [0.15, 0.2) is 0 Å². The normalized spacial score (nSPS) is 14.9. The van der Waals surface area contributed by atoms with E-state index in [-0.39, 0.29) is 23.2 Å². The molecule has 2 aromatic rings. The van der Waals surface area contributed by atoms with Gasteiger partial charge in [0.1, 0.15) is 5.75 Å². The Kier molecular flexibility index (Phi) is 5.65. The minimum Gasteiger partial charge on any atom is -0.490 e. The molecule has 1 saturated carbocycles. The molecule has 1 aliphatic rings. The highest BCUT2D eigenvalue weighted by atomic mass is 32.2. The van der Waals surface area contributed by atoms with Crippen molar-refractivity contribution in [2.45, 2.75) is 43.6 Å². The van der Waals surface area contributed by atoms with Crippen LogP contribution in [0, 0.1) is 10.1 Å². The number of non-ortho nitro benzene ring substituents is 1. The van der Waals surface area contributed by atoms with Gasteiger partial charge in [0, 0.05) is 18.7 Å². The molecule has 0 bridgehead atoms. The van der Waals surface area contributed by atoms with Crippen LogP contribution in [0.3, 0.4) is 0 Å². The number of anilines is 1. The second-order valence-electron chi connectivity index (χ2n) is 6.44. The lowest BCUT2D eigenvalue weighted by atomic mass is 10.2. The van der Waals surface area contributed by atoms with Crippen LogP contribution in [0.4, 0.5) is 11.4 Å². The summed E-state index contributed by atoms with van der Waals surface area (Å²) >= 11 is 0. The number of sulfonamides is 1. The third-order valence-electron chi connectivity index (χ3n) is 4.65. The quantitative estimate of drug-likeness (QED) is 0.524. The standard InChI is InChI=1S/C19H22N2O5S/c1-2-20(27(24,25)19-13-9-16(10-14-19)21(22)23)15-7-11-18(12-8-15)26-17-5-3-4-6-17/h7-14,17H,2-6H2,1H3. The molecule has 2 aromatic carbocycles. The molecule has 1 aliphatic carbocycles. The van der Waals surface area contributed by atoms with Gasteiger partial charge >= 0.3 is 0 Å². The van der Waals surface area contributed by atoms with Gasteiger partial charge in [0.05, 0.1) is 21.6 Å². The minimum absolute atomic E-state index is 0.0150. The number of nitro groups is 1. The maximum Gasteiger partial charge on any atom is 0.269 e. The number of nitro benzene ring substituents is 1. The molecular weight excluding hydrogens is 368 g/mol. The second kappa shape index (κ2) is 7.96. The van der Waals surface area contributed by atoms with E-state index in [1.807, 2.05) is 0 Å². The Bertz CT molecular complexity index is 889. The summed E-state index contributed by atoms with van der Waals surface area (Å²) in [5.74, 6) is 0.731. The van der Waals surface area contributed by atoms with Crippen molar-refractivity contribution < 1.29 is 18.1 Å². The van der Waals surface area contributed by atoms with Crippen LogP contribution in [0.15, 0.2) is 53.4 Å². The summed E-state index contributed by atoms with van der Waals surface area (Å²) in [6.07, 6.45) is 4.70. The zero-order chi connectivity index (χ0) is 19.4. The molecule has 0 unspecified atom stereocenters. The van der Waals surface area contributed by atoms with Crippen molar-refractivity contribution in [2.24, 2.45) is 0 Å². The third-order valence-corrected chi connectivity index (χ3v) is 6.57. The van der Waals surface area contributed by atoms with Gasteiger partial charge in [0.25, 0.3) is 15.7 Å². The second-order valence-corrected chi connectivity index (χ2v) is 8.30. The lowest BCUT2D eigenvalue weighted by molar-refractivity contribution is -0.384. The topological polar surface area (TPSA) is 89.8 Å². The van der Waals surface area contributed by atoms with Crippen molar-refractivity contribution >= 4 is 21.4 Å². The lowest BCUT2D eigenvalue weighted by Crippen LogP contribution is -2.30. The van der Waals surface area contributed by atoms with E-state index in [0.717, 1.165) is 18.6 Å². The molecule has 0 aromatic heterocycles. The van der Waals surface area contributed by atoms with Crippen molar-refractivity contribution in [2.75, 3.05) is 10.8 Å². The average molecular weight is 390 g/mol. The Morgan fingerprint density at radius 1 is 1.07 bits per heavy atom. The highest BCUT2D eigenvalue weighted by molar-refractivity contribution is 7.92. The largest absolute Gasteiger partial charge is 0.490 e. The Morgan fingerprint density at radius 2 is 1.67 bits per heavy atom. The fourth-order valence-electron chi connectivity index (χ4n) is 3.25. The number of hydrogen-bond acceptors (Lipinski definition) is 5. The van der Waals surface area contributed by atoms with Gasteiger partial charge in [-0.25, -0.2) is 8.42 Å². The minimum atomic E-state index is -3.81. The molecule has 0 atom stereocenters. The first-order valence-corrected chi connectivity index (χ1v) is 10.4. The van der Waals surface area contributed by atoms with Crippen LogP contribution < -0.4 is 9.04 Å². The highest BCUT2D eigenvalue weighted by Gasteiger charge is 2.24. The number of rotatable bonds is 7. The van der Waals surface area contributed by atoms with Crippen LogP contribution in [0.2, 0.25) is 0 Å². The van der Waals surface area contributed by atoms with Crippen LogP contribution >= 0.6 is 0 Å². The summed E-state index contributed by atoms with van der Waals surface area (Å²) in [5.41, 5.74) is 0.375. The molecule has 0 amide bonds. The molecule has 144 valence electrons. The zero-order valence-corrected chi connectivity index (χ0v) is 15.9. The van der Waals surface area contributed by atoms with Gasteiger partial charge in [-0.3, -0.25) is 14.4 Å². The smallest absolute Gasteiger partial charge is 0.269 e. The Hall–Kier alpha value is -2.61. The first-order chi connectivity index (χ1) is 12.9. The summed E-state index contributed by atoms with van der Waals surface area (Å²) in [5, 5.41) is 10.8. The van der Waals surface area contributed by atoms with E-state index >= 15 is 0 Å². The van der Waals surface area contributed by atoms with E-state index in [0.29, 0.717) is 5.69 Å². The number of ether oxygens (including phenoxy) is 1.